The Morgan fingerprint density at radius 2 is 1.33 bits per heavy atom. The molecule has 2 unspecified atom stereocenters. The molecule has 0 amide bonds. The highest BCUT2D eigenvalue weighted by Crippen LogP contribution is 2.29. The van der Waals surface area contributed by atoms with E-state index >= 15 is 0 Å². The van der Waals surface area contributed by atoms with Crippen LogP contribution in [0.4, 0.5) is 0 Å². The van der Waals surface area contributed by atoms with Crippen molar-refractivity contribution < 1.29 is 76.1 Å². The quantitative estimate of drug-likeness (QED) is 0.0242. The summed E-state index contributed by atoms with van der Waals surface area (Å²) in [6.45, 7) is 4.85. The molecule has 0 radical (unpaired) electrons. The number of hydrogen-bond donors (Lipinski definition) is 0. The molecule has 0 N–H and O–H groups in total. The van der Waals surface area contributed by atoms with E-state index < -0.39 is 55.2 Å². The Hall–Kier alpha value is -2.93. The van der Waals surface area contributed by atoms with E-state index in [9.17, 15) is 28.8 Å². The molecule has 0 fully saturated rings. The van der Waals surface area contributed by atoms with Crippen LogP contribution in [0.2, 0.25) is 0 Å². The number of Topliss-reactive ketones (excluding diaryl/α,β-unsaturated/α-hetero) is 1. The first-order chi connectivity index (χ1) is 23.6. The Morgan fingerprint density at radius 3 is 1.84 bits per heavy atom. The van der Waals surface area contributed by atoms with E-state index in [1.807, 2.05) is 0 Å². The van der Waals surface area contributed by atoms with Crippen LogP contribution >= 0.6 is 11.8 Å². The molecule has 0 aliphatic rings. The van der Waals surface area contributed by atoms with Gasteiger partial charge in [-0.2, -0.15) is 11.8 Å². The Kier molecular flexibility index (Phi) is 28.2. The van der Waals surface area contributed by atoms with Crippen LogP contribution in [0.3, 0.4) is 0 Å². The smallest absolute Gasteiger partial charge is 0.347 e. The zero-order chi connectivity index (χ0) is 36.8. The Bertz CT molecular complexity index is 1000. The third kappa shape index (κ3) is 23.2. The van der Waals surface area contributed by atoms with Gasteiger partial charge in [-0.3, -0.25) is 14.4 Å². The van der Waals surface area contributed by atoms with Crippen LogP contribution in [0.5, 0.6) is 0 Å². The molecule has 0 bridgehead atoms. The van der Waals surface area contributed by atoms with E-state index in [0.29, 0.717) is 52.5 Å². The number of methoxy groups -OCH3 is 2. The standard InChI is InChI=1S/C32H52O16S/c1-6-25(8-9-41-12-13-43-16-17-44-15-14-42-11-10-39-3)31(38)48-32(23-33,19-27(34)22-49-5)18-26(7-2)30(37)47-24-46-29(36)21-45-28(35)20-40-4/h6,23,26H,7-22,24H2,1-5H3/b25-6+. The maximum atomic E-state index is 13.2. The fourth-order valence-corrected chi connectivity index (χ4v) is 4.36. The molecule has 49 heavy (non-hydrogen) atoms. The number of carbonyl (C=O) groups is 6. The average Bonchev–Trinajstić information content (AvgIpc) is 3.08. The van der Waals surface area contributed by atoms with Crippen molar-refractivity contribution in [2.75, 3.05) is 106 Å². The van der Waals surface area contributed by atoms with E-state index in [1.54, 1.807) is 27.2 Å². The molecule has 0 aliphatic carbocycles. The number of hydrogen-bond acceptors (Lipinski definition) is 17. The molecular formula is C32H52O16S. The molecule has 0 saturated carbocycles. The number of aldehydes is 1. The van der Waals surface area contributed by atoms with Crippen molar-refractivity contribution in [3.8, 4) is 0 Å². The monoisotopic (exact) mass is 724 g/mol. The zero-order valence-corrected chi connectivity index (χ0v) is 30.0. The lowest BCUT2D eigenvalue weighted by atomic mass is 9.86. The minimum atomic E-state index is -1.96. The SMILES string of the molecule is C/C=C(\CCOCCOCCOCCOCCOC)C(=O)OC(C=O)(CC(=O)CSC)CC(CC)C(=O)OCOC(=O)COC(=O)COC. The van der Waals surface area contributed by atoms with Gasteiger partial charge in [-0.1, -0.05) is 13.0 Å². The van der Waals surface area contributed by atoms with Crippen molar-refractivity contribution in [1.82, 2.24) is 0 Å². The summed E-state index contributed by atoms with van der Waals surface area (Å²) in [5.41, 5.74) is -1.75. The minimum absolute atomic E-state index is 0.0566. The average molecular weight is 725 g/mol. The molecule has 0 aromatic carbocycles. The molecule has 16 nitrogen and oxygen atoms in total. The van der Waals surface area contributed by atoms with Gasteiger partial charge in [0.2, 0.25) is 6.79 Å². The fourth-order valence-electron chi connectivity index (χ4n) is 3.93. The van der Waals surface area contributed by atoms with Gasteiger partial charge < -0.3 is 47.4 Å². The minimum Gasteiger partial charge on any atom is -0.452 e. The number of thioether (sulfide) groups is 1. The van der Waals surface area contributed by atoms with E-state index in [1.165, 1.54) is 24.9 Å². The Morgan fingerprint density at radius 1 is 0.755 bits per heavy atom. The molecule has 0 heterocycles. The number of ketones is 1. The summed E-state index contributed by atoms with van der Waals surface area (Å²) in [4.78, 5) is 74.2. The van der Waals surface area contributed by atoms with E-state index in [4.69, 9.17) is 37.9 Å². The second-order valence-corrected chi connectivity index (χ2v) is 11.1. The van der Waals surface area contributed by atoms with E-state index in [-0.39, 0.29) is 56.2 Å². The van der Waals surface area contributed by atoms with Crippen LogP contribution in [0.25, 0.3) is 0 Å². The highest BCUT2D eigenvalue weighted by atomic mass is 32.2. The molecule has 0 spiro atoms. The zero-order valence-electron chi connectivity index (χ0n) is 29.2. The van der Waals surface area contributed by atoms with Gasteiger partial charge in [-0.15, -0.1) is 0 Å². The first-order valence-electron chi connectivity index (χ1n) is 15.7. The molecule has 17 heteroatoms. The lowest BCUT2D eigenvalue weighted by molar-refractivity contribution is -0.179. The molecular weight excluding hydrogens is 672 g/mol. The van der Waals surface area contributed by atoms with Crippen LogP contribution in [0.1, 0.15) is 39.5 Å². The van der Waals surface area contributed by atoms with Crippen molar-refractivity contribution in [2.24, 2.45) is 5.92 Å². The van der Waals surface area contributed by atoms with Gasteiger partial charge in [0.1, 0.15) is 12.4 Å². The van der Waals surface area contributed by atoms with Gasteiger partial charge in [-0.25, -0.2) is 14.4 Å². The van der Waals surface area contributed by atoms with Crippen molar-refractivity contribution in [2.45, 2.75) is 45.1 Å². The number of esters is 4. The first kappa shape index (κ1) is 46.1. The molecule has 282 valence electrons. The third-order valence-electron chi connectivity index (χ3n) is 6.44. The van der Waals surface area contributed by atoms with Crippen LogP contribution < -0.4 is 0 Å². The summed E-state index contributed by atoms with van der Waals surface area (Å²) in [7, 11) is 2.88. The van der Waals surface area contributed by atoms with Crippen LogP contribution in [0, 0.1) is 5.92 Å². The van der Waals surface area contributed by atoms with Crippen LogP contribution in [0.15, 0.2) is 11.6 Å². The lowest BCUT2D eigenvalue weighted by Crippen LogP contribution is -2.43. The highest BCUT2D eigenvalue weighted by molar-refractivity contribution is 7.99. The van der Waals surface area contributed by atoms with Crippen LogP contribution in [-0.2, 0) is 76.1 Å². The molecule has 0 aliphatic heterocycles. The highest BCUT2D eigenvalue weighted by Gasteiger charge is 2.41. The fraction of sp³-hybridized carbons (Fsp3) is 0.750. The van der Waals surface area contributed by atoms with E-state index in [0.717, 1.165) is 0 Å². The first-order valence-corrected chi connectivity index (χ1v) is 17.1. The second kappa shape index (κ2) is 29.9. The third-order valence-corrected chi connectivity index (χ3v) is 7.05. The Balaban J connectivity index is 4.97. The summed E-state index contributed by atoms with van der Waals surface area (Å²) in [5, 5.41) is 0. The lowest BCUT2D eigenvalue weighted by Gasteiger charge is -2.30. The topological polar surface area (TPSA) is 195 Å². The summed E-state index contributed by atoms with van der Waals surface area (Å²) in [6, 6.07) is 0. The van der Waals surface area contributed by atoms with Crippen LogP contribution in [-0.4, -0.2) is 147 Å². The van der Waals surface area contributed by atoms with Crippen molar-refractivity contribution in [3.05, 3.63) is 11.6 Å². The summed E-state index contributed by atoms with van der Waals surface area (Å²) in [5.74, 6) is -4.76. The molecule has 0 aromatic heterocycles. The summed E-state index contributed by atoms with van der Waals surface area (Å²) in [6.07, 6.45) is 3.07. The van der Waals surface area contributed by atoms with Gasteiger partial charge in [0, 0.05) is 32.6 Å². The maximum absolute atomic E-state index is 13.2. The Labute approximate surface area is 292 Å². The normalized spacial score (nSPS) is 13.2. The van der Waals surface area contributed by atoms with Gasteiger partial charge in [-0.05, 0) is 19.6 Å². The van der Waals surface area contributed by atoms with Crippen molar-refractivity contribution in [3.63, 3.8) is 0 Å². The number of carbonyl (C=O) groups excluding carboxylic acids is 6. The number of rotatable bonds is 32. The molecule has 0 rings (SSSR count). The number of allylic oxidation sites excluding steroid dienone is 1. The van der Waals surface area contributed by atoms with Gasteiger partial charge >= 0.3 is 23.9 Å². The largest absolute Gasteiger partial charge is 0.452 e. The van der Waals surface area contributed by atoms with Crippen molar-refractivity contribution in [1.29, 1.82) is 0 Å². The molecule has 0 aromatic rings. The maximum Gasteiger partial charge on any atom is 0.347 e. The molecule has 2 atom stereocenters. The number of ether oxygens (including phenoxy) is 10. The predicted molar refractivity (Wildman–Crippen MR) is 175 cm³/mol. The summed E-state index contributed by atoms with van der Waals surface area (Å²) < 4.78 is 51.2. The van der Waals surface area contributed by atoms with Gasteiger partial charge in [0.15, 0.2) is 18.5 Å². The van der Waals surface area contributed by atoms with Gasteiger partial charge in [0.05, 0.1) is 77.6 Å². The predicted octanol–water partition coefficient (Wildman–Crippen LogP) is 1.49. The van der Waals surface area contributed by atoms with Crippen molar-refractivity contribution >= 4 is 47.7 Å². The van der Waals surface area contributed by atoms with Gasteiger partial charge in [0.25, 0.3) is 0 Å². The van der Waals surface area contributed by atoms with E-state index in [2.05, 4.69) is 9.47 Å². The second-order valence-electron chi connectivity index (χ2n) is 10.2. The summed E-state index contributed by atoms with van der Waals surface area (Å²) >= 11 is 1.23. The molecule has 0 saturated heterocycles.